The van der Waals surface area contributed by atoms with Crippen LogP contribution in [0.4, 0.5) is 9.80 Å². The summed E-state index contributed by atoms with van der Waals surface area (Å²) in [6.45, 7) is 7.51. The van der Waals surface area contributed by atoms with Gasteiger partial charge in [-0.15, -0.1) is 22.7 Å². The molecule has 2 aromatic rings. The summed E-state index contributed by atoms with van der Waals surface area (Å²) >= 11 is 2.99. The van der Waals surface area contributed by atoms with Gasteiger partial charge < -0.3 is 24.3 Å². The van der Waals surface area contributed by atoms with Crippen molar-refractivity contribution in [1.82, 2.24) is 4.98 Å². The Labute approximate surface area is 213 Å². The van der Waals surface area contributed by atoms with E-state index in [0.717, 1.165) is 44.2 Å². The minimum atomic E-state index is -0.655. The lowest BCUT2D eigenvalue weighted by Gasteiger charge is -2.21. The van der Waals surface area contributed by atoms with E-state index >= 15 is 0 Å². The highest BCUT2D eigenvalue weighted by molar-refractivity contribution is 7.16. The van der Waals surface area contributed by atoms with Crippen LogP contribution in [0, 0.1) is 11.3 Å². The van der Waals surface area contributed by atoms with E-state index < -0.39 is 6.16 Å². The van der Waals surface area contributed by atoms with E-state index in [1.54, 1.807) is 42.3 Å². The fourth-order valence-corrected chi connectivity index (χ4v) is 5.00. The number of methoxy groups -OCH3 is 1. The normalized spacial score (nSPS) is 14.3. The first-order valence-corrected chi connectivity index (χ1v) is 12.6. The van der Waals surface area contributed by atoms with Crippen molar-refractivity contribution in [3.8, 4) is 6.07 Å². The maximum Gasteiger partial charge on any atom is 0.508 e. The molecule has 10 heteroatoms. The summed E-state index contributed by atoms with van der Waals surface area (Å²) in [5.41, 5.74) is 4.37. The number of thiophene rings is 1. The van der Waals surface area contributed by atoms with Crippen molar-refractivity contribution in [2.24, 2.45) is 0 Å². The lowest BCUT2D eigenvalue weighted by molar-refractivity contribution is -0.107. The largest absolute Gasteiger partial charge is 0.508 e. The van der Waals surface area contributed by atoms with Crippen LogP contribution in [0.15, 0.2) is 48.3 Å². The second-order valence-corrected chi connectivity index (χ2v) is 9.45. The zero-order chi connectivity index (χ0) is 25.6. The van der Waals surface area contributed by atoms with Gasteiger partial charge in [0.05, 0.1) is 23.1 Å². The minimum absolute atomic E-state index is 0.183. The molecule has 0 bridgehead atoms. The van der Waals surface area contributed by atoms with Crippen molar-refractivity contribution >= 4 is 40.1 Å². The van der Waals surface area contributed by atoms with Crippen molar-refractivity contribution in [3.05, 3.63) is 69.2 Å². The Bertz CT molecular complexity index is 1080. The zero-order valence-electron chi connectivity index (χ0n) is 19.9. The fraction of sp³-hybridized carbons (Fsp3) is 0.360. The summed E-state index contributed by atoms with van der Waals surface area (Å²) in [5, 5.41) is 13.2. The van der Waals surface area contributed by atoms with Gasteiger partial charge in [-0.2, -0.15) is 5.26 Å². The molecule has 1 atom stereocenters. The highest BCUT2D eigenvalue weighted by atomic mass is 32.1. The predicted octanol–water partition coefficient (Wildman–Crippen LogP) is 5.57. The summed E-state index contributed by atoms with van der Waals surface area (Å²) in [5.74, 6) is 0.672. The van der Waals surface area contributed by atoms with Gasteiger partial charge in [0, 0.05) is 31.0 Å². The molecule has 0 saturated heterocycles. The lowest BCUT2D eigenvalue weighted by Crippen LogP contribution is -2.25. The summed E-state index contributed by atoms with van der Waals surface area (Å²) in [6, 6.07) is 2.26. The molecule has 0 radical (unpaired) electrons. The fourth-order valence-electron chi connectivity index (χ4n) is 3.28. The quantitative estimate of drug-likeness (QED) is 0.189. The van der Waals surface area contributed by atoms with Crippen molar-refractivity contribution < 1.29 is 23.8 Å². The second-order valence-electron chi connectivity index (χ2n) is 7.38. The number of aromatic nitrogens is 1. The maximum absolute atomic E-state index is 11.8. The SMILES string of the molecule is C=C/C(=C\C(=C)CCC=O)OC.CNc1sc2c(c1C#N)CCC(OC(=O)OCc1cncs1)C2. The van der Waals surface area contributed by atoms with Crippen LogP contribution in [0.2, 0.25) is 0 Å². The Hall–Kier alpha value is -3.42. The molecule has 0 aliphatic heterocycles. The van der Waals surface area contributed by atoms with E-state index in [2.05, 4.69) is 29.5 Å². The summed E-state index contributed by atoms with van der Waals surface area (Å²) in [6.07, 6.45) is 8.31. The van der Waals surface area contributed by atoms with E-state index in [1.807, 2.05) is 7.05 Å². The summed E-state index contributed by atoms with van der Waals surface area (Å²) < 4.78 is 15.4. The zero-order valence-corrected chi connectivity index (χ0v) is 21.5. The molecule has 1 N–H and O–H groups in total. The predicted molar refractivity (Wildman–Crippen MR) is 138 cm³/mol. The van der Waals surface area contributed by atoms with E-state index in [0.29, 0.717) is 31.4 Å². The highest BCUT2D eigenvalue weighted by Crippen LogP contribution is 2.38. The Balaban J connectivity index is 0.000000307. The van der Waals surface area contributed by atoms with Crippen molar-refractivity contribution in [3.63, 3.8) is 0 Å². The number of thiazole rings is 1. The third kappa shape index (κ3) is 8.70. The van der Waals surface area contributed by atoms with Gasteiger partial charge in [-0.25, -0.2) is 4.79 Å². The average molecular weight is 516 g/mol. The molecule has 0 aromatic carbocycles. The second kappa shape index (κ2) is 14.8. The number of carbonyl (C=O) groups is 2. The molecular formula is C25H29N3O5S2. The number of allylic oxidation sites excluding steroid dienone is 3. The molecule has 1 aliphatic rings. The van der Waals surface area contributed by atoms with E-state index in [-0.39, 0.29) is 12.7 Å². The third-order valence-corrected chi connectivity index (χ3v) is 7.03. The first-order chi connectivity index (χ1) is 16.9. The molecular weight excluding hydrogens is 486 g/mol. The van der Waals surface area contributed by atoms with Crippen LogP contribution in [0.25, 0.3) is 0 Å². The molecule has 0 fully saturated rings. The van der Waals surface area contributed by atoms with Crippen LogP contribution >= 0.6 is 22.7 Å². The van der Waals surface area contributed by atoms with Gasteiger partial charge in [0.25, 0.3) is 0 Å². The van der Waals surface area contributed by atoms with E-state index in [1.165, 1.54) is 11.3 Å². The van der Waals surface area contributed by atoms with Crippen LogP contribution in [0.1, 0.15) is 40.1 Å². The number of nitrogens with zero attached hydrogens (tertiary/aromatic N) is 2. The van der Waals surface area contributed by atoms with Gasteiger partial charge in [-0.3, -0.25) is 4.98 Å². The van der Waals surface area contributed by atoms with Gasteiger partial charge in [0.15, 0.2) is 0 Å². The van der Waals surface area contributed by atoms with Crippen LogP contribution in [-0.2, 0) is 38.5 Å². The van der Waals surface area contributed by atoms with Crippen molar-refractivity contribution in [2.45, 2.75) is 44.8 Å². The first kappa shape index (κ1) is 27.8. The molecule has 0 saturated carbocycles. The number of nitriles is 1. The monoisotopic (exact) mass is 515 g/mol. The molecule has 1 aliphatic carbocycles. The number of fused-ring (bicyclic) bond motifs is 1. The molecule has 0 spiro atoms. The van der Waals surface area contributed by atoms with Crippen molar-refractivity contribution in [2.75, 3.05) is 19.5 Å². The van der Waals surface area contributed by atoms with Crippen LogP contribution in [0.5, 0.6) is 0 Å². The van der Waals surface area contributed by atoms with E-state index in [4.69, 9.17) is 14.2 Å². The average Bonchev–Trinajstić information content (AvgIpc) is 3.52. The number of anilines is 1. The number of nitrogens with one attached hydrogen (secondary N) is 1. The number of hydrogen-bond acceptors (Lipinski definition) is 10. The molecule has 1 unspecified atom stereocenters. The molecule has 3 rings (SSSR count). The van der Waals surface area contributed by atoms with Gasteiger partial charge in [-0.1, -0.05) is 18.7 Å². The molecule has 2 aromatic heterocycles. The van der Waals surface area contributed by atoms with Gasteiger partial charge in [0.2, 0.25) is 0 Å². The lowest BCUT2D eigenvalue weighted by atomic mass is 9.94. The Morgan fingerprint density at radius 2 is 2.26 bits per heavy atom. The molecule has 0 amide bonds. The van der Waals surface area contributed by atoms with Gasteiger partial charge in [0.1, 0.15) is 35.8 Å². The number of aldehydes is 1. The molecule has 8 nitrogen and oxygen atoms in total. The Kier molecular flexibility index (Phi) is 11.7. The van der Waals surface area contributed by atoms with Crippen LogP contribution in [-0.4, -0.2) is 37.7 Å². The Morgan fingerprint density at radius 1 is 1.46 bits per heavy atom. The van der Waals surface area contributed by atoms with Crippen LogP contribution < -0.4 is 5.32 Å². The maximum atomic E-state index is 11.8. The Morgan fingerprint density at radius 3 is 2.86 bits per heavy atom. The molecule has 186 valence electrons. The minimum Gasteiger partial charge on any atom is -0.497 e. The smallest absolute Gasteiger partial charge is 0.497 e. The number of carbonyl (C=O) groups excluding carboxylic acids is 2. The molecule has 35 heavy (non-hydrogen) atoms. The summed E-state index contributed by atoms with van der Waals surface area (Å²) in [7, 11) is 3.38. The number of rotatable bonds is 10. The standard InChI is InChI=1S/C15H15N3O3S2.C10H14O2/c1-17-14-12(5-16)11-3-2-9(4-13(11)23-14)21-15(19)20-7-10-6-18-8-22-10;1-4-10(12-3)8-9(2)6-5-7-11/h6,8-9,17H,2-4,7H2,1H3;4,7-8H,1-2,5-6H2,3H3/b;10-8+. The number of hydrogen-bond donors (Lipinski definition) is 1. The van der Waals surface area contributed by atoms with Crippen molar-refractivity contribution in [1.29, 1.82) is 5.26 Å². The number of ether oxygens (including phenoxy) is 3. The van der Waals surface area contributed by atoms with E-state index in [9.17, 15) is 14.9 Å². The van der Waals surface area contributed by atoms with Crippen LogP contribution in [0.3, 0.4) is 0 Å². The topological polar surface area (TPSA) is 111 Å². The highest BCUT2D eigenvalue weighted by Gasteiger charge is 2.28. The first-order valence-electron chi connectivity index (χ1n) is 10.9. The third-order valence-electron chi connectivity index (χ3n) is 5.00. The van der Waals surface area contributed by atoms with Gasteiger partial charge in [-0.05, 0) is 37.0 Å². The van der Waals surface area contributed by atoms with Gasteiger partial charge >= 0.3 is 6.16 Å². The summed E-state index contributed by atoms with van der Waals surface area (Å²) in [4.78, 5) is 27.7. The molecule has 2 heterocycles.